The van der Waals surface area contributed by atoms with Crippen molar-refractivity contribution >= 4 is 17.6 Å². The molecule has 1 aromatic rings. The Morgan fingerprint density at radius 2 is 2.18 bits per heavy atom. The van der Waals surface area contributed by atoms with Gasteiger partial charge in [-0.2, -0.15) is 4.99 Å². The summed E-state index contributed by atoms with van der Waals surface area (Å²) in [5.74, 6) is 1.80. The molecule has 6 heteroatoms. The number of allylic oxidation sites excluding steroid dienone is 3. The first-order valence-corrected chi connectivity index (χ1v) is 7.11. The monoisotopic (exact) mass is 296 g/mol. The molecule has 1 aliphatic heterocycles. The minimum absolute atomic E-state index is 0.0810. The fourth-order valence-corrected chi connectivity index (χ4v) is 2.64. The van der Waals surface area contributed by atoms with Gasteiger partial charge in [-0.05, 0) is 30.2 Å². The van der Waals surface area contributed by atoms with Gasteiger partial charge in [0.2, 0.25) is 17.6 Å². The minimum Gasteiger partial charge on any atom is -0.508 e. The first kappa shape index (κ1) is 14.2. The summed E-state index contributed by atoms with van der Waals surface area (Å²) in [6.45, 7) is 0. The third kappa shape index (κ3) is 3.12. The van der Waals surface area contributed by atoms with Gasteiger partial charge in [-0.15, -0.1) is 0 Å². The standard InChI is InChI=1S/C16H17N5O/c17-16(18)21-15-12-3-1-2-4-13(12)19-14(20-15)9-10-5-7-11(22)8-6-10/h1-2,4-8,12,22H,3,9H2,(H4,17,18,19,20,21)/p+1. The fraction of sp³-hybridized carbons (Fsp3) is 0.188. The van der Waals surface area contributed by atoms with Crippen LogP contribution in [-0.4, -0.2) is 22.7 Å². The SMILES string of the molecule is N=C(N)N=C1[NH2+]C(Cc2ccc(O)cc2)=NC2=CC=CCC21. The molecule has 0 saturated carbocycles. The number of nitrogens with zero attached hydrogens (tertiary/aromatic N) is 2. The van der Waals surface area contributed by atoms with Crippen LogP contribution in [0.1, 0.15) is 12.0 Å². The van der Waals surface area contributed by atoms with E-state index in [-0.39, 0.29) is 17.6 Å². The van der Waals surface area contributed by atoms with E-state index in [1.165, 1.54) is 0 Å². The Morgan fingerprint density at radius 1 is 1.41 bits per heavy atom. The van der Waals surface area contributed by atoms with Crippen molar-refractivity contribution in [3.05, 3.63) is 53.8 Å². The maximum absolute atomic E-state index is 9.35. The molecule has 1 unspecified atom stereocenters. The first-order valence-electron chi connectivity index (χ1n) is 7.11. The largest absolute Gasteiger partial charge is 0.508 e. The van der Waals surface area contributed by atoms with E-state index in [1.807, 2.05) is 29.6 Å². The zero-order valence-electron chi connectivity index (χ0n) is 12.0. The number of hydrogen-bond donors (Lipinski definition) is 4. The van der Waals surface area contributed by atoms with Gasteiger partial charge < -0.3 is 10.8 Å². The van der Waals surface area contributed by atoms with Crippen molar-refractivity contribution in [1.82, 2.24) is 0 Å². The van der Waals surface area contributed by atoms with Gasteiger partial charge in [-0.1, -0.05) is 24.3 Å². The van der Waals surface area contributed by atoms with Gasteiger partial charge in [-0.25, -0.2) is 4.99 Å². The highest BCUT2D eigenvalue weighted by Gasteiger charge is 2.31. The number of rotatable bonds is 2. The number of aromatic hydroxyl groups is 1. The molecule has 1 aliphatic carbocycles. The Morgan fingerprint density at radius 3 is 2.91 bits per heavy atom. The second-order valence-electron chi connectivity index (χ2n) is 5.32. The highest BCUT2D eigenvalue weighted by atomic mass is 16.3. The lowest BCUT2D eigenvalue weighted by atomic mass is 9.93. The molecule has 0 saturated heterocycles. The topological polar surface area (TPSA) is 111 Å². The van der Waals surface area contributed by atoms with Crippen LogP contribution in [0.5, 0.6) is 5.75 Å². The van der Waals surface area contributed by atoms with Crippen LogP contribution in [-0.2, 0) is 6.42 Å². The Bertz CT molecular complexity index is 713. The molecule has 1 aromatic carbocycles. The summed E-state index contributed by atoms with van der Waals surface area (Å²) in [7, 11) is 0. The van der Waals surface area contributed by atoms with Crippen molar-refractivity contribution in [2.24, 2.45) is 21.6 Å². The molecular formula is C16H18N5O+. The molecule has 6 nitrogen and oxygen atoms in total. The molecule has 3 rings (SSSR count). The quantitative estimate of drug-likeness (QED) is 0.475. The molecule has 0 fully saturated rings. The molecule has 0 bridgehead atoms. The van der Waals surface area contributed by atoms with Gasteiger partial charge in [0.1, 0.15) is 5.75 Å². The summed E-state index contributed by atoms with van der Waals surface area (Å²) >= 11 is 0. The van der Waals surface area contributed by atoms with Crippen molar-refractivity contribution in [2.45, 2.75) is 12.8 Å². The van der Waals surface area contributed by atoms with Crippen molar-refractivity contribution in [3.63, 3.8) is 0 Å². The Balaban J connectivity index is 1.89. The number of phenols is 1. The molecule has 0 spiro atoms. The summed E-state index contributed by atoms with van der Waals surface area (Å²) in [4.78, 5) is 8.85. The number of aliphatic imine (C=N–C) groups is 2. The van der Waals surface area contributed by atoms with Gasteiger partial charge in [-0.3, -0.25) is 10.7 Å². The second kappa shape index (κ2) is 5.95. The van der Waals surface area contributed by atoms with Gasteiger partial charge in [0.05, 0.1) is 18.0 Å². The summed E-state index contributed by atoms with van der Waals surface area (Å²) in [6.07, 6.45) is 7.51. The Labute approximate surface area is 128 Å². The maximum atomic E-state index is 9.35. The van der Waals surface area contributed by atoms with Crippen molar-refractivity contribution in [2.75, 3.05) is 0 Å². The van der Waals surface area contributed by atoms with E-state index in [0.717, 1.165) is 29.4 Å². The number of amidine groups is 2. The minimum atomic E-state index is -0.189. The zero-order valence-corrected chi connectivity index (χ0v) is 12.0. The highest BCUT2D eigenvalue weighted by Crippen LogP contribution is 2.23. The van der Waals surface area contributed by atoms with Crippen LogP contribution in [0.4, 0.5) is 0 Å². The summed E-state index contributed by atoms with van der Waals surface area (Å²) < 4.78 is 0. The van der Waals surface area contributed by atoms with E-state index < -0.39 is 0 Å². The lowest BCUT2D eigenvalue weighted by molar-refractivity contribution is -0.418. The van der Waals surface area contributed by atoms with E-state index in [2.05, 4.69) is 11.1 Å². The third-order valence-electron chi connectivity index (χ3n) is 3.65. The molecule has 22 heavy (non-hydrogen) atoms. The van der Waals surface area contributed by atoms with Gasteiger partial charge in [0, 0.05) is 0 Å². The van der Waals surface area contributed by atoms with E-state index in [9.17, 15) is 5.11 Å². The van der Waals surface area contributed by atoms with Crippen LogP contribution in [0.25, 0.3) is 0 Å². The number of hydrogen-bond acceptors (Lipinski definition) is 3. The number of nitrogens with one attached hydrogen (secondary N) is 1. The van der Waals surface area contributed by atoms with Gasteiger partial charge in [0.15, 0.2) is 0 Å². The molecule has 2 aliphatic rings. The summed E-state index contributed by atoms with van der Waals surface area (Å²) in [6, 6.07) is 7.06. The lowest BCUT2D eigenvalue weighted by Gasteiger charge is -2.23. The van der Waals surface area contributed by atoms with Crippen LogP contribution in [0.3, 0.4) is 0 Å². The maximum Gasteiger partial charge on any atom is 0.218 e. The third-order valence-corrected chi connectivity index (χ3v) is 3.65. The van der Waals surface area contributed by atoms with Crippen LogP contribution in [0.15, 0.2) is 58.2 Å². The molecule has 1 heterocycles. The van der Waals surface area contributed by atoms with Crippen LogP contribution >= 0.6 is 0 Å². The van der Waals surface area contributed by atoms with Crippen molar-refractivity contribution < 1.29 is 10.4 Å². The molecule has 0 radical (unpaired) electrons. The number of quaternary nitrogens is 1. The van der Waals surface area contributed by atoms with E-state index in [0.29, 0.717) is 6.42 Å². The zero-order chi connectivity index (χ0) is 15.5. The molecule has 0 aromatic heterocycles. The number of guanidine groups is 1. The van der Waals surface area contributed by atoms with Crippen molar-refractivity contribution in [1.29, 1.82) is 5.41 Å². The average molecular weight is 296 g/mol. The molecule has 0 amide bonds. The van der Waals surface area contributed by atoms with E-state index in [4.69, 9.17) is 16.1 Å². The average Bonchev–Trinajstić information content (AvgIpc) is 2.49. The molecule has 6 N–H and O–H groups in total. The highest BCUT2D eigenvalue weighted by molar-refractivity contribution is 5.98. The molecule has 112 valence electrons. The summed E-state index contributed by atoms with van der Waals surface area (Å²) in [5, 5.41) is 18.7. The lowest BCUT2D eigenvalue weighted by Crippen LogP contribution is -2.94. The number of benzene rings is 1. The predicted molar refractivity (Wildman–Crippen MR) is 85.9 cm³/mol. The van der Waals surface area contributed by atoms with Crippen LogP contribution in [0, 0.1) is 11.3 Å². The van der Waals surface area contributed by atoms with Gasteiger partial charge in [0.25, 0.3) is 0 Å². The number of nitrogens with two attached hydrogens (primary N) is 2. The van der Waals surface area contributed by atoms with Crippen molar-refractivity contribution in [3.8, 4) is 5.75 Å². The first-order chi connectivity index (χ1) is 10.6. The van der Waals surface area contributed by atoms with E-state index >= 15 is 0 Å². The van der Waals surface area contributed by atoms with Crippen LogP contribution < -0.4 is 11.1 Å². The Kier molecular flexibility index (Phi) is 3.84. The van der Waals surface area contributed by atoms with E-state index in [1.54, 1.807) is 12.1 Å². The second-order valence-corrected chi connectivity index (χ2v) is 5.32. The number of fused-ring (bicyclic) bond motifs is 1. The van der Waals surface area contributed by atoms with Gasteiger partial charge >= 0.3 is 0 Å². The smallest absolute Gasteiger partial charge is 0.218 e. The fourth-order valence-electron chi connectivity index (χ4n) is 2.64. The molecule has 1 atom stereocenters. The normalized spacial score (nSPS) is 22.0. The number of phenolic OH excluding ortho intramolecular Hbond substituents is 1. The van der Waals surface area contributed by atoms with Crippen LogP contribution in [0.2, 0.25) is 0 Å². The predicted octanol–water partition coefficient (Wildman–Crippen LogP) is 0.662. The summed E-state index contributed by atoms with van der Waals surface area (Å²) in [5.41, 5.74) is 7.44. The molecular weight excluding hydrogens is 278 g/mol. The Hall–Kier alpha value is -2.73.